The molecule has 128 valence electrons. The average Bonchev–Trinajstić information content (AvgIpc) is 2.44. The minimum absolute atomic E-state index is 0.155. The standard InChI is InChI=1S/C15H22BrN3O4/c1-15(2,3)23-14(21)18-8-4-7-17-13(20)22-10-11-5-6-12(16)19-9-11/h5-6,9H,4,7-8,10H2,1-3H3,(H,17,20)(H,18,21). The Kier molecular flexibility index (Phi) is 7.80. The molecule has 1 rings (SSSR count). The molecule has 0 unspecified atom stereocenters. The summed E-state index contributed by atoms with van der Waals surface area (Å²) in [4.78, 5) is 26.9. The quantitative estimate of drug-likeness (QED) is 0.578. The number of amides is 2. The smallest absolute Gasteiger partial charge is 0.407 e. The highest BCUT2D eigenvalue weighted by Gasteiger charge is 2.15. The van der Waals surface area contributed by atoms with E-state index in [1.807, 2.05) is 6.07 Å². The van der Waals surface area contributed by atoms with E-state index in [1.54, 1.807) is 33.0 Å². The zero-order chi connectivity index (χ0) is 17.3. The number of carbonyl (C=O) groups is 2. The number of hydrogen-bond acceptors (Lipinski definition) is 5. The van der Waals surface area contributed by atoms with Gasteiger partial charge in [-0.05, 0) is 49.2 Å². The topological polar surface area (TPSA) is 89.6 Å². The molecular weight excluding hydrogens is 366 g/mol. The Morgan fingerprint density at radius 3 is 2.39 bits per heavy atom. The van der Waals surface area contributed by atoms with Crippen molar-refractivity contribution in [3.05, 3.63) is 28.5 Å². The molecule has 0 aliphatic rings. The van der Waals surface area contributed by atoms with Crippen molar-refractivity contribution in [3.63, 3.8) is 0 Å². The number of ether oxygens (including phenoxy) is 2. The maximum Gasteiger partial charge on any atom is 0.407 e. The largest absolute Gasteiger partial charge is 0.445 e. The van der Waals surface area contributed by atoms with Gasteiger partial charge >= 0.3 is 12.2 Å². The highest BCUT2D eigenvalue weighted by molar-refractivity contribution is 9.10. The summed E-state index contributed by atoms with van der Waals surface area (Å²) in [6.45, 7) is 6.35. The Morgan fingerprint density at radius 1 is 1.17 bits per heavy atom. The summed E-state index contributed by atoms with van der Waals surface area (Å²) in [5, 5.41) is 5.21. The molecule has 1 aromatic heterocycles. The molecular formula is C15H22BrN3O4. The van der Waals surface area contributed by atoms with Gasteiger partial charge in [0.05, 0.1) is 0 Å². The fourth-order valence-corrected chi connectivity index (χ4v) is 1.71. The maximum absolute atomic E-state index is 11.5. The molecule has 1 aromatic rings. The molecule has 1 heterocycles. The Labute approximate surface area is 144 Å². The van der Waals surface area contributed by atoms with Crippen molar-refractivity contribution in [3.8, 4) is 0 Å². The number of carbonyl (C=O) groups excluding carboxylic acids is 2. The highest BCUT2D eigenvalue weighted by atomic mass is 79.9. The highest BCUT2D eigenvalue weighted by Crippen LogP contribution is 2.07. The summed E-state index contributed by atoms with van der Waals surface area (Å²) in [5.41, 5.74) is 0.281. The van der Waals surface area contributed by atoms with Crippen LogP contribution in [-0.4, -0.2) is 35.9 Å². The molecule has 23 heavy (non-hydrogen) atoms. The number of rotatable bonds is 6. The fraction of sp³-hybridized carbons (Fsp3) is 0.533. The van der Waals surface area contributed by atoms with E-state index < -0.39 is 17.8 Å². The zero-order valence-electron chi connectivity index (χ0n) is 13.5. The Hall–Kier alpha value is -1.83. The number of nitrogens with zero attached hydrogens (tertiary/aromatic N) is 1. The van der Waals surface area contributed by atoms with Crippen LogP contribution in [0.3, 0.4) is 0 Å². The second-order valence-corrected chi connectivity index (χ2v) is 6.59. The molecule has 0 fully saturated rings. The molecule has 8 heteroatoms. The third-order valence-electron chi connectivity index (χ3n) is 2.45. The lowest BCUT2D eigenvalue weighted by atomic mass is 10.2. The van der Waals surface area contributed by atoms with Crippen molar-refractivity contribution in [2.45, 2.75) is 39.4 Å². The second kappa shape index (κ2) is 9.34. The molecule has 0 saturated heterocycles. The number of pyridine rings is 1. The molecule has 0 bridgehead atoms. The van der Waals surface area contributed by atoms with Gasteiger partial charge in [0.1, 0.15) is 16.8 Å². The predicted octanol–water partition coefficient (Wildman–Crippen LogP) is 2.99. The van der Waals surface area contributed by atoms with Gasteiger partial charge in [0.15, 0.2) is 0 Å². The molecule has 0 aromatic carbocycles. The van der Waals surface area contributed by atoms with Crippen LogP contribution >= 0.6 is 15.9 Å². The first-order valence-electron chi connectivity index (χ1n) is 7.24. The monoisotopic (exact) mass is 387 g/mol. The lowest BCUT2D eigenvalue weighted by Crippen LogP contribution is -2.34. The number of alkyl carbamates (subject to hydrolysis) is 2. The summed E-state index contributed by atoms with van der Waals surface area (Å²) in [6.07, 6.45) is 1.23. The van der Waals surface area contributed by atoms with Crippen molar-refractivity contribution in [2.24, 2.45) is 0 Å². The van der Waals surface area contributed by atoms with E-state index in [0.29, 0.717) is 19.5 Å². The van der Waals surface area contributed by atoms with Gasteiger partial charge in [-0.15, -0.1) is 0 Å². The van der Waals surface area contributed by atoms with Gasteiger partial charge in [-0.25, -0.2) is 14.6 Å². The molecule has 0 saturated carbocycles. The van der Waals surface area contributed by atoms with E-state index in [-0.39, 0.29) is 6.61 Å². The van der Waals surface area contributed by atoms with Crippen molar-refractivity contribution in [1.29, 1.82) is 0 Å². The minimum atomic E-state index is -0.520. The number of aromatic nitrogens is 1. The van der Waals surface area contributed by atoms with Crippen molar-refractivity contribution >= 4 is 28.1 Å². The van der Waals surface area contributed by atoms with Crippen molar-refractivity contribution in [1.82, 2.24) is 15.6 Å². The van der Waals surface area contributed by atoms with Gasteiger partial charge in [-0.1, -0.05) is 6.07 Å². The SMILES string of the molecule is CC(C)(C)OC(=O)NCCCNC(=O)OCc1ccc(Br)nc1. The van der Waals surface area contributed by atoms with E-state index in [4.69, 9.17) is 9.47 Å². The van der Waals surface area contributed by atoms with Crippen molar-refractivity contribution in [2.75, 3.05) is 13.1 Å². The third-order valence-corrected chi connectivity index (χ3v) is 2.92. The van der Waals surface area contributed by atoms with Crippen molar-refractivity contribution < 1.29 is 19.1 Å². The summed E-state index contributed by atoms with van der Waals surface area (Å²) < 4.78 is 10.9. The molecule has 0 spiro atoms. The summed E-state index contributed by atoms with van der Waals surface area (Å²) in [6, 6.07) is 3.59. The Morgan fingerprint density at radius 2 is 1.83 bits per heavy atom. The molecule has 2 amide bonds. The van der Waals surface area contributed by atoms with Crippen LogP contribution in [0.5, 0.6) is 0 Å². The molecule has 0 aliphatic carbocycles. The zero-order valence-corrected chi connectivity index (χ0v) is 15.1. The first-order chi connectivity index (χ1) is 10.8. The first-order valence-corrected chi connectivity index (χ1v) is 8.03. The van der Waals surface area contributed by atoms with Crippen LogP contribution in [0.15, 0.2) is 22.9 Å². The molecule has 0 atom stereocenters. The van der Waals surface area contributed by atoms with Crippen LogP contribution in [0.2, 0.25) is 0 Å². The van der Waals surface area contributed by atoms with Crippen LogP contribution in [0.1, 0.15) is 32.8 Å². The van der Waals surface area contributed by atoms with Gasteiger partial charge in [0.25, 0.3) is 0 Å². The fourth-order valence-electron chi connectivity index (χ4n) is 1.48. The van der Waals surface area contributed by atoms with Crippen LogP contribution < -0.4 is 10.6 Å². The van der Waals surface area contributed by atoms with Crippen LogP contribution in [0, 0.1) is 0 Å². The predicted molar refractivity (Wildman–Crippen MR) is 89.0 cm³/mol. The lowest BCUT2D eigenvalue weighted by Gasteiger charge is -2.19. The number of halogens is 1. The average molecular weight is 388 g/mol. The van der Waals surface area contributed by atoms with Crippen LogP contribution in [-0.2, 0) is 16.1 Å². The molecule has 7 nitrogen and oxygen atoms in total. The summed E-state index contributed by atoms with van der Waals surface area (Å²) >= 11 is 3.23. The first kappa shape index (κ1) is 19.2. The normalized spacial score (nSPS) is 10.8. The summed E-state index contributed by atoms with van der Waals surface area (Å²) in [7, 11) is 0. The van der Waals surface area contributed by atoms with E-state index in [1.165, 1.54) is 0 Å². The van der Waals surface area contributed by atoms with E-state index in [9.17, 15) is 9.59 Å². The molecule has 0 radical (unpaired) electrons. The van der Waals surface area contributed by atoms with Gasteiger partial charge in [-0.2, -0.15) is 0 Å². The molecule has 0 aliphatic heterocycles. The Bertz CT molecular complexity index is 514. The summed E-state index contributed by atoms with van der Waals surface area (Å²) in [5.74, 6) is 0. The third kappa shape index (κ3) is 9.72. The second-order valence-electron chi connectivity index (χ2n) is 5.77. The van der Waals surface area contributed by atoms with E-state index in [0.717, 1.165) is 10.2 Å². The van der Waals surface area contributed by atoms with E-state index in [2.05, 4.69) is 31.5 Å². The number of hydrogen-bond donors (Lipinski definition) is 2. The minimum Gasteiger partial charge on any atom is -0.445 e. The lowest BCUT2D eigenvalue weighted by molar-refractivity contribution is 0.0527. The van der Waals surface area contributed by atoms with Gasteiger partial charge < -0.3 is 20.1 Å². The number of nitrogens with one attached hydrogen (secondary N) is 2. The van der Waals surface area contributed by atoms with Gasteiger partial charge in [0.2, 0.25) is 0 Å². The maximum atomic E-state index is 11.5. The van der Waals surface area contributed by atoms with Gasteiger partial charge in [-0.3, -0.25) is 0 Å². The molecule has 2 N–H and O–H groups in total. The van der Waals surface area contributed by atoms with Crippen LogP contribution in [0.4, 0.5) is 9.59 Å². The Balaban J connectivity index is 2.08. The van der Waals surface area contributed by atoms with E-state index >= 15 is 0 Å². The van der Waals surface area contributed by atoms with Gasteiger partial charge in [0, 0.05) is 24.8 Å². The van der Waals surface area contributed by atoms with Crippen LogP contribution in [0.25, 0.3) is 0 Å².